The second kappa shape index (κ2) is 8.66. The Labute approximate surface area is 125 Å². The van der Waals surface area contributed by atoms with Gasteiger partial charge in [-0.15, -0.1) is 0 Å². The molecular formula is C13H15ClF2N2O3. The molecule has 0 aromatic heterocycles. The average molecular weight is 321 g/mol. The van der Waals surface area contributed by atoms with Gasteiger partial charge in [0.05, 0.1) is 19.7 Å². The van der Waals surface area contributed by atoms with Crippen LogP contribution in [0.1, 0.15) is 10.4 Å². The van der Waals surface area contributed by atoms with Crippen LogP contribution >= 0.6 is 11.6 Å². The van der Waals surface area contributed by atoms with Crippen LogP contribution in [0.25, 0.3) is 0 Å². The molecule has 0 heterocycles. The smallest absolute Gasteiger partial charge is 0.257 e. The Morgan fingerprint density at radius 3 is 2.43 bits per heavy atom. The van der Waals surface area contributed by atoms with Crippen molar-refractivity contribution in [2.24, 2.45) is 0 Å². The Morgan fingerprint density at radius 2 is 1.90 bits per heavy atom. The first-order chi connectivity index (χ1) is 9.92. The number of imide groups is 1. The van der Waals surface area contributed by atoms with Gasteiger partial charge in [0.15, 0.2) is 0 Å². The molecule has 21 heavy (non-hydrogen) atoms. The third kappa shape index (κ3) is 6.61. The van der Waals surface area contributed by atoms with Crippen LogP contribution < -0.4 is 5.32 Å². The van der Waals surface area contributed by atoms with Crippen LogP contribution in [0.3, 0.4) is 0 Å². The van der Waals surface area contributed by atoms with E-state index in [-0.39, 0.29) is 18.7 Å². The number of halogens is 3. The van der Waals surface area contributed by atoms with Gasteiger partial charge in [0.25, 0.3) is 12.3 Å². The maximum Gasteiger partial charge on any atom is 0.257 e. The summed E-state index contributed by atoms with van der Waals surface area (Å²) in [4.78, 5) is 24.4. The number of aliphatic hydroxyl groups excluding tert-OH is 1. The second-order valence-electron chi connectivity index (χ2n) is 4.23. The van der Waals surface area contributed by atoms with Crippen LogP contribution in [0.2, 0.25) is 5.02 Å². The number of rotatable bonds is 7. The number of aliphatic hydroxyl groups is 1. The fourth-order valence-electron chi connectivity index (χ4n) is 1.61. The van der Waals surface area contributed by atoms with Gasteiger partial charge in [-0.25, -0.2) is 8.78 Å². The number of nitrogens with one attached hydrogen (secondary N) is 1. The Hall–Kier alpha value is -1.57. The summed E-state index contributed by atoms with van der Waals surface area (Å²) >= 11 is 5.67. The van der Waals surface area contributed by atoms with E-state index in [1.807, 2.05) is 0 Å². The molecule has 0 fully saturated rings. The van der Waals surface area contributed by atoms with Gasteiger partial charge in [-0.05, 0) is 24.3 Å². The highest BCUT2D eigenvalue weighted by atomic mass is 35.5. The van der Waals surface area contributed by atoms with E-state index >= 15 is 0 Å². The number of carbonyl (C=O) groups is 2. The zero-order chi connectivity index (χ0) is 15.8. The van der Waals surface area contributed by atoms with Crippen LogP contribution in [-0.4, -0.2) is 54.5 Å². The summed E-state index contributed by atoms with van der Waals surface area (Å²) in [6.07, 6.45) is -2.63. The molecule has 0 unspecified atom stereocenters. The molecule has 0 bridgehead atoms. The maximum atomic E-state index is 12.3. The lowest BCUT2D eigenvalue weighted by atomic mass is 10.2. The zero-order valence-corrected chi connectivity index (χ0v) is 11.8. The second-order valence-corrected chi connectivity index (χ2v) is 4.67. The summed E-state index contributed by atoms with van der Waals surface area (Å²) < 4.78 is 24.6. The van der Waals surface area contributed by atoms with Crippen molar-refractivity contribution < 1.29 is 23.5 Å². The molecule has 2 amide bonds. The van der Waals surface area contributed by atoms with E-state index in [9.17, 15) is 18.4 Å². The number of hydrogen-bond donors (Lipinski definition) is 2. The topological polar surface area (TPSA) is 69.6 Å². The normalized spacial score (nSPS) is 11.0. The van der Waals surface area contributed by atoms with Crippen molar-refractivity contribution in [3.63, 3.8) is 0 Å². The predicted octanol–water partition coefficient (Wildman–Crippen LogP) is 1.16. The first kappa shape index (κ1) is 17.5. The predicted molar refractivity (Wildman–Crippen MR) is 73.5 cm³/mol. The van der Waals surface area contributed by atoms with Gasteiger partial charge in [0.2, 0.25) is 5.91 Å². The summed E-state index contributed by atoms with van der Waals surface area (Å²) in [5.41, 5.74) is 0.232. The molecular weight excluding hydrogens is 306 g/mol. The molecule has 5 nitrogen and oxygen atoms in total. The first-order valence-electron chi connectivity index (χ1n) is 6.13. The van der Waals surface area contributed by atoms with Gasteiger partial charge in [-0.3, -0.25) is 19.8 Å². The number of benzene rings is 1. The minimum absolute atomic E-state index is 0.0765. The lowest BCUT2D eigenvalue weighted by molar-refractivity contribution is -0.121. The fraction of sp³-hybridized carbons (Fsp3) is 0.385. The molecule has 116 valence electrons. The summed E-state index contributed by atoms with van der Waals surface area (Å²) in [5.74, 6) is -1.36. The van der Waals surface area contributed by atoms with Crippen molar-refractivity contribution in [3.8, 4) is 0 Å². The Morgan fingerprint density at radius 1 is 1.29 bits per heavy atom. The van der Waals surface area contributed by atoms with Crippen LogP contribution in [0.5, 0.6) is 0 Å². The number of amides is 2. The Balaban J connectivity index is 2.54. The largest absolute Gasteiger partial charge is 0.395 e. The number of alkyl halides is 2. The van der Waals surface area contributed by atoms with E-state index in [0.29, 0.717) is 5.02 Å². The van der Waals surface area contributed by atoms with E-state index in [1.54, 1.807) is 0 Å². The number of hydrogen-bond acceptors (Lipinski definition) is 4. The Kier molecular flexibility index (Phi) is 7.21. The molecule has 1 rings (SSSR count). The molecule has 0 atom stereocenters. The molecule has 0 saturated heterocycles. The maximum absolute atomic E-state index is 12.3. The lowest BCUT2D eigenvalue weighted by Crippen LogP contribution is -2.42. The first-order valence-corrected chi connectivity index (χ1v) is 6.51. The molecule has 8 heteroatoms. The quantitative estimate of drug-likeness (QED) is 0.791. The van der Waals surface area contributed by atoms with Gasteiger partial charge >= 0.3 is 0 Å². The van der Waals surface area contributed by atoms with Crippen molar-refractivity contribution in [2.75, 3.05) is 26.2 Å². The molecule has 1 aromatic rings. The average Bonchev–Trinajstić information content (AvgIpc) is 2.38. The molecule has 0 aliphatic rings. The molecule has 1 aromatic carbocycles. The van der Waals surface area contributed by atoms with Crippen LogP contribution in [0, 0.1) is 0 Å². The molecule has 2 N–H and O–H groups in total. The van der Waals surface area contributed by atoms with E-state index in [0.717, 1.165) is 4.90 Å². The molecule has 0 aliphatic carbocycles. The lowest BCUT2D eigenvalue weighted by Gasteiger charge is -2.19. The molecule has 0 saturated carbocycles. The SMILES string of the molecule is O=C(CN(CCO)CC(F)F)NC(=O)c1ccc(Cl)cc1. The van der Waals surface area contributed by atoms with Gasteiger partial charge in [-0.2, -0.15) is 0 Å². The standard InChI is InChI=1S/C13H15ClF2N2O3/c14-10-3-1-9(2-4-10)13(21)17-12(20)8-18(5-6-19)7-11(15)16/h1-4,11,19H,5-8H2,(H,17,20,21). The number of nitrogens with zero attached hydrogens (tertiary/aromatic N) is 1. The van der Waals surface area contributed by atoms with Gasteiger partial charge in [-0.1, -0.05) is 11.6 Å². The number of carbonyl (C=O) groups excluding carboxylic acids is 2. The summed E-state index contributed by atoms with van der Waals surface area (Å²) in [7, 11) is 0. The monoisotopic (exact) mass is 320 g/mol. The third-order valence-corrected chi connectivity index (χ3v) is 2.79. The van der Waals surface area contributed by atoms with Crippen molar-refractivity contribution in [3.05, 3.63) is 34.9 Å². The van der Waals surface area contributed by atoms with E-state index < -0.39 is 31.3 Å². The molecule has 0 radical (unpaired) electrons. The van der Waals surface area contributed by atoms with Crippen molar-refractivity contribution in [2.45, 2.75) is 6.43 Å². The van der Waals surface area contributed by atoms with Crippen LogP contribution in [-0.2, 0) is 4.79 Å². The highest BCUT2D eigenvalue weighted by Gasteiger charge is 2.17. The van der Waals surface area contributed by atoms with Crippen LogP contribution in [0.15, 0.2) is 24.3 Å². The summed E-state index contributed by atoms with van der Waals surface area (Å²) in [6.45, 7) is -1.48. The van der Waals surface area contributed by atoms with Crippen molar-refractivity contribution in [1.82, 2.24) is 10.2 Å². The van der Waals surface area contributed by atoms with E-state index in [2.05, 4.69) is 5.32 Å². The minimum atomic E-state index is -2.63. The highest BCUT2D eigenvalue weighted by Crippen LogP contribution is 2.09. The van der Waals surface area contributed by atoms with Gasteiger partial charge < -0.3 is 5.11 Å². The van der Waals surface area contributed by atoms with E-state index in [4.69, 9.17) is 16.7 Å². The minimum Gasteiger partial charge on any atom is -0.395 e. The molecule has 0 aliphatic heterocycles. The third-order valence-electron chi connectivity index (χ3n) is 2.54. The fourth-order valence-corrected chi connectivity index (χ4v) is 1.74. The van der Waals surface area contributed by atoms with Gasteiger partial charge in [0, 0.05) is 17.1 Å². The zero-order valence-electron chi connectivity index (χ0n) is 11.1. The van der Waals surface area contributed by atoms with E-state index in [1.165, 1.54) is 24.3 Å². The Bertz CT molecular complexity index is 483. The molecule has 0 spiro atoms. The van der Waals surface area contributed by atoms with Crippen molar-refractivity contribution >= 4 is 23.4 Å². The van der Waals surface area contributed by atoms with Crippen LogP contribution in [0.4, 0.5) is 8.78 Å². The summed E-state index contributed by atoms with van der Waals surface area (Å²) in [5, 5.41) is 11.3. The van der Waals surface area contributed by atoms with Gasteiger partial charge in [0.1, 0.15) is 0 Å². The highest BCUT2D eigenvalue weighted by molar-refractivity contribution is 6.30. The van der Waals surface area contributed by atoms with Crippen molar-refractivity contribution in [1.29, 1.82) is 0 Å². The summed E-state index contributed by atoms with van der Waals surface area (Å²) in [6, 6.07) is 5.87.